The summed E-state index contributed by atoms with van der Waals surface area (Å²) >= 11 is 3.22. The number of rotatable bonds is 3. The molecule has 5 nitrogen and oxygen atoms in total. The highest BCUT2D eigenvalue weighted by molar-refractivity contribution is 9.10. The average Bonchev–Trinajstić information content (AvgIpc) is 2.49. The average molecular weight is 359 g/mol. The van der Waals surface area contributed by atoms with Gasteiger partial charge in [0, 0.05) is 17.6 Å². The van der Waals surface area contributed by atoms with Gasteiger partial charge < -0.3 is 15.0 Å². The third kappa shape index (κ3) is 3.59. The molecule has 1 saturated heterocycles. The van der Waals surface area contributed by atoms with E-state index in [1.165, 1.54) is 23.1 Å². The number of nitrogens with one attached hydrogen (secondary N) is 1. The molecule has 21 heavy (non-hydrogen) atoms. The Morgan fingerprint density at radius 3 is 3.00 bits per heavy atom. The minimum Gasteiger partial charge on any atom is -0.377 e. The van der Waals surface area contributed by atoms with Crippen LogP contribution in [0.1, 0.15) is 17.3 Å². The van der Waals surface area contributed by atoms with Gasteiger partial charge in [-0.1, -0.05) is 15.9 Å². The number of hydrogen-bond acceptors (Lipinski definition) is 3. The molecule has 1 fully saturated rings. The van der Waals surface area contributed by atoms with Gasteiger partial charge in [0.25, 0.3) is 5.91 Å². The van der Waals surface area contributed by atoms with Gasteiger partial charge in [0.2, 0.25) is 5.91 Å². The lowest BCUT2D eigenvalue weighted by Gasteiger charge is -2.34. The third-order valence-corrected chi connectivity index (χ3v) is 3.70. The number of amides is 2. The van der Waals surface area contributed by atoms with E-state index in [4.69, 9.17) is 4.74 Å². The van der Waals surface area contributed by atoms with Gasteiger partial charge in [-0.3, -0.25) is 9.59 Å². The Bertz CT molecular complexity index is 553. The van der Waals surface area contributed by atoms with Gasteiger partial charge in [-0.2, -0.15) is 0 Å². The maximum absolute atomic E-state index is 13.9. The molecule has 1 aliphatic rings. The first-order chi connectivity index (χ1) is 10.0. The van der Waals surface area contributed by atoms with Gasteiger partial charge in [0.05, 0.1) is 18.8 Å². The lowest BCUT2D eigenvalue weighted by Crippen LogP contribution is -2.56. The van der Waals surface area contributed by atoms with Crippen LogP contribution in [0.15, 0.2) is 22.7 Å². The van der Waals surface area contributed by atoms with Crippen molar-refractivity contribution in [1.29, 1.82) is 0 Å². The topological polar surface area (TPSA) is 58.6 Å². The van der Waals surface area contributed by atoms with Crippen molar-refractivity contribution in [3.8, 4) is 0 Å². The first kappa shape index (κ1) is 15.9. The molecule has 0 radical (unpaired) electrons. The van der Waals surface area contributed by atoms with Crippen molar-refractivity contribution in [1.82, 2.24) is 10.2 Å². The fourth-order valence-electron chi connectivity index (χ4n) is 2.17. The van der Waals surface area contributed by atoms with E-state index in [1.54, 1.807) is 6.92 Å². The van der Waals surface area contributed by atoms with Crippen LogP contribution in [0.3, 0.4) is 0 Å². The molecule has 1 aromatic rings. The summed E-state index contributed by atoms with van der Waals surface area (Å²) < 4.78 is 19.7. The predicted molar refractivity (Wildman–Crippen MR) is 78.4 cm³/mol. The maximum Gasteiger partial charge on any atom is 0.257 e. The summed E-state index contributed by atoms with van der Waals surface area (Å²) in [7, 11) is 0. The molecule has 1 aromatic carbocycles. The normalized spacial score (nSPS) is 18.4. The summed E-state index contributed by atoms with van der Waals surface area (Å²) in [6, 6.07) is 3.43. The van der Waals surface area contributed by atoms with Gasteiger partial charge in [-0.25, -0.2) is 4.39 Å². The van der Waals surface area contributed by atoms with Crippen LogP contribution in [-0.4, -0.2) is 49.1 Å². The zero-order valence-corrected chi connectivity index (χ0v) is 13.2. The zero-order chi connectivity index (χ0) is 15.4. The molecule has 7 heteroatoms. The summed E-state index contributed by atoms with van der Waals surface area (Å²) in [5.41, 5.74) is -0.0550. The zero-order valence-electron chi connectivity index (χ0n) is 11.6. The minimum atomic E-state index is -0.732. The van der Waals surface area contributed by atoms with Gasteiger partial charge in [-0.05, 0) is 25.1 Å². The molecule has 0 aromatic heterocycles. The lowest BCUT2D eigenvalue weighted by atomic mass is 10.1. The SMILES string of the molecule is CCNC(=O)C1COCCN1C(=O)c1cc(Br)ccc1F. The van der Waals surface area contributed by atoms with Crippen LogP contribution < -0.4 is 5.32 Å². The van der Waals surface area contributed by atoms with Gasteiger partial charge in [0.1, 0.15) is 11.9 Å². The van der Waals surface area contributed by atoms with Crippen LogP contribution in [0.4, 0.5) is 4.39 Å². The largest absolute Gasteiger partial charge is 0.377 e. The molecule has 0 bridgehead atoms. The second-order valence-corrected chi connectivity index (χ2v) is 5.52. The van der Waals surface area contributed by atoms with E-state index in [0.29, 0.717) is 17.6 Å². The molecule has 114 valence electrons. The van der Waals surface area contributed by atoms with E-state index >= 15 is 0 Å². The van der Waals surface area contributed by atoms with Crippen molar-refractivity contribution in [3.05, 3.63) is 34.1 Å². The van der Waals surface area contributed by atoms with Crippen LogP contribution in [0.5, 0.6) is 0 Å². The van der Waals surface area contributed by atoms with E-state index < -0.39 is 17.8 Å². The van der Waals surface area contributed by atoms with Crippen LogP contribution in [0.2, 0.25) is 0 Å². The molecule has 2 rings (SSSR count). The molecule has 1 aliphatic heterocycles. The van der Waals surface area contributed by atoms with Crippen molar-refractivity contribution in [2.45, 2.75) is 13.0 Å². The highest BCUT2D eigenvalue weighted by atomic mass is 79.9. The Labute approximate surface area is 130 Å². The number of carbonyl (C=O) groups excluding carboxylic acids is 2. The molecule has 2 amide bonds. The van der Waals surface area contributed by atoms with Crippen LogP contribution in [-0.2, 0) is 9.53 Å². The minimum absolute atomic E-state index is 0.0550. The molecular weight excluding hydrogens is 343 g/mol. The van der Waals surface area contributed by atoms with Gasteiger partial charge in [-0.15, -0.1) is 0 Å². The highest BCUT2D eigenvalue weighted by Gasteiger charge is 2.34. The first-order valence-corrected chi connectivity index (χ1v) is 7.45. The number of morpholine rings is 1. The predicted octanol–water partition coefficient (Wildman–Crippen LogP) is 1.57. The van der Waals surface area contributed by atoms with E-state index in [0.717, 1.165) is 0 Å². The fraction of sp³-hybridized carbons (Fsp3) is 0.429. The molecule has 1 heterocycles. The third-order valence-electron chi connectivity index (χ3n) is 3.20. The van der Waals surface area contributed by atoms with Gasteiger partial charge in [0.15, 0.2) is 0 Å². The van der Waals surface area contributed by atoms with Crippen molar-refractivity contribution in [3.63, 3.8) is 0 Å². The quantitative estimate of drug-likeness (QED) is 0.891. The number of hydrogen-bond donors (Lipinski definition) is 1. The van der Waals surface area contributed by atoms with Crippen LogP contribution >= 0.6 is 15.9 Å². The van der Waals surface area contributed by atoms with E-state index in [2.05, 4.69) is 21.2 Å². The van der Waals surface area contributed by atoms with Crippen molar-refractivity contribution < 1.29 is 18.7 Å². The highest BCUT2D eigenvalue weighted by Crippen LogP contribution is 2.19. The summed E-state index contributed by atoms with van der Waals surface area (Å²) in [6.07, 6.45) is 0. The van der Waals surface area contributed by atoms with E-state index in [-0.39, 0.29) is 24.6 Å². The van der Waals surface area contributed by atoms with Crippen molar-refractivity contribution in [2.75, 3.05) is 26.3 Å². The molecule has 0 aliphatic carbocycles. The maximum atomic E-state index is 13.9. The Kier molecular flexibility index (Phi) is 5.30. The standard InChI is InChI=1S/C14H16BrFN2O3/c1-2-17-13(19)12-8-21-6-5-18(12)14(20)10-7-9(15)3-4-11(10)16/h3-4,7,12H,2,5-6,8H2,1H3,(H,17,19). The lowest BCUT2D eigenvalue weighted by molar-refractivity contribution is -0.130. The summed E-state index contributed by atoms with van der Waals surface area (Å²) in [4.78, 5) is 25.9. The number of halogens is 2. The Balaban J connectivity index is 2.26. The Hall–Kier alpha value is -1.47. The molecule has 1 atom stereocenters. The Morgan fingerprint density at radius 2 is 2.29 bits per heavy atom. The monoisotopic (exact) mass is 358 g/mol. The number of nitrogens with zero attached hydrogens (tertiary/aromatic N) is 1. The Morgan fingerprint density at radius 1 is 1.52 bits per heavy atom. The number of ether oxygens (including phenoxy) is 1. The number of benzene rings is 1. The number of likely N-dealkylation sites (N-methyl/N-ethyl adjacent to an activating group) is 1. The van der Waals surface area contributed by atoms with Crippen molar-refractivity contribution in [2.24, 2.45) is 0 Å². The van der Waals surface area contributed by atoms with E-state index in [9.17, 15) is 14.0 Å². The summed E-state index contributed by atoms with van der Waals surface area (Å²) in [5, 5.41) is 2.66. The second-order valence-electron chi connectivity index (χ2n) is 4.61. The van der Waals surface area contributed by atoms with Crippen LogP contribution in [0.25, 0.3) is 0 Å². The first-order valence-electron chi connectivity index (χ1n) is 6.66. The van der Waals surface area contributed by atoms with Crippen LogP contribution in [0, 0.1) is 5.82 Å². The molecule has 0 saturated carbocycles. The van der Waals surface area contributed by atoms with E-state index in [1.807, 2.05) is 0 Å². The smallest absolute Gasteiger partial charge is 0.257 e. The van der Waals surface area contributed by atoms with Gasteiger partial charge >= 0.3 is 0 Å². The van der Waals surface area contributed by atoms with Crippen molar-refractivity contribution >= 4 is 27.7 Å². The summed E-state index contributed by atoms with van der Waals surface area (Å²) in [6.45, 7) is 2.96. The summed E-state index contributed by atoms with van der Waals surface area (Å²) in [5.74, 6) is -1.40. The number of carbonyl (C=O) groups is 2. The molecule has 1 N–H and O–H groups in total. The molecular formula is C14H16BrFN2O3. The molecule has 0 spiro atoms. The fourth-order valence-corrected chi connectivity index (χ4v) is 2.53. The second kappa shape index (κ2) is 7.00. The molecule has 1 unspecified atom stereocenters.